The predicted octanol–water partition coefficient (Wildman–Crippen LogP) is 3.30. The van der Waals surface area contributed by atoms with E-state index in [1.165, 1.54) is 7.11 Å². The van der Waals surface area contributed by atoms with Crippen LogP contribution in [0.5, 0.6) is 0 Å². The van der Waals surface area contributed by atoms with Crippen LogP contribution >= 0.6 is 15.9 Å². The van der Waals surface area contributed by atoms with Crippen LogP contribution in [-0.2, 0) is 19.7 Å². The van der Waals surface area contributed by atoms with Gasteiger partial charge in [-0.1, -0.05) is 40.2 Å². The Morgan fingerprint density at radius 3 is 2.52 bits per heavy atom. The van der Waals surface area contributed by atoms with Crippen LogP contribution in [-0.4, -0.2) is 24.8 Å². The van der Waals surface area contributed by atoms with Crippen molar-refractivity contribution in [1.29, 1.82) is 0 Å². The van der Waals surface area contributed by atoms with E-state index in [2.05, 4.69) is 26.6 Å². The Labute approximate surface area is 174 Å². The zero-order valence-corrected chi connectivity index (χ0v) is 17.1. The van der Waals surface area contributed by atoms with Gasteiger partial charge in [0.05, 0.1) is 18.4 Å². The largest absolute Gasteiger partial charge is 0.466 e. The Bertz CT molecular complexity index is 1230. The number of anilines is 1. The summed E-state index contributed by atoms with van der Waals surface area (Å²) in [7, 11) is 1.26. The van der Waals surface area contributed by atoms with Gasteiger partial charge < -0.3 is 15.4 Å². The van der Waals surface area contributed by atoms with Crippen molar-refractivity contribution >= 4 is 45.0 Å². The highest BCUT2D eigenvalue weighted by Gasteiger charge is 2.61. The van der Waals surface area contributed by atoms with Crippen LogP contribution in [0.4, 0.5) is 5.69 Å². The van der Waals surface area contributed by atoms with Gasteiger partial charge in [0.25, 0.3) is 0 Å². The van der Waals surface area contributed by atoms with Crippen molar-refractivity contribution in [3.63, 3.8) is 0 Å². The molecule has 6 nitrogen and oxygen atoms in total. The molecule has 0 aromatic heterocycles. The Kier molecular flexibility index (Phi) is 3.64. The second-order valence-corrected chi connectivity index (χ2v) is 8.05. The maximum atomic E-state index is 13.6. The first kappa shape index (κ1) is 17.9. The standard InChI is InChI=1S/C22H15BrN2O4/c1-10-16(20(27)29-2)22(14-9-11(23)7-8-15(14)25-21(22)28)17-18(24-10)12-5-3-4-6-13(12)19(17)26/h3-9,24H,1-2H3,(H,25,28). The van der Waals surface area contributed by atoms with Crippen molar-refractivity contribution in [2.45, 2.75) is 12.3 Å². The van der Waals surface area contributed by atoms with E-state index < -0.39 is 17.3 Å². The Morgan fingerprint density at radius 2 is 1.79 bits per heavy atom. The normalized spacial score (nSPS) is 21.6. The van der Waals surface area contributed by atoms with Gasteiger partial charge in [0.1, 0.15) is 5.41 Å². The molecule has 0 saturated heterocycles. The second-order valence-electron chi connectivity index (χ2n) is 7.14. The van der Waals surface area contributed by atoms with Gasteiger partial charge in [0, 0.05) is 38.1 Å². The van der Waals surface area contributed by atoms with E-state index >= 15 is 0 Å². The molecular formula is C22H15BrN2O4. The Hall–Kier alpha value is -3.19. The van der Waals surface area contributed by atoms with Crippen molar-refractivity contribution in [3.8, 4) is 0 Å². The number of ketones is 1. The number of ether oxygens (including phenoxy) is 1. The number of hydrogen-bond donors (Lipinski definition) is 2. The van der Waals surface area contributed by atoms with E-state index in [-0.39, 0.29) is 16.9 Å². The molecule has 0 saturated carbocycles. The number of carbonyl (C=O) groups excluding carboxylic acids is 3. The van der Waals surface area contributed by atoms with Crippen LogP contribution in [0.25, 0.3) is 5.70 Å². The van der Waals surface area contributed by atoms with Crippen molar-refractivity contribution in [1.82, 2.24) is 5.32 Å². The molecule has 7 heteroatoms. The maximum absolute atomic E-state index is 13.6. The summed E-state index contributed by atoms with van der Waals surface area (Å²) in [6.45, 7) is 1.71. The highest BCUT2D eigenvalue weighted by Crippen LogP contribution is 2.56. The SMILES string of the molecule is COC(=O)C1=C(C)NC2=C(C(=O)c3ccccc32)C12C(=O)Nc1ccc(Br)cc12. The number of rotatable bonds is 1. The summed E-state index contributed by atoms with van der Waals surface area (Å²) in [5, 5.41) is 6.05. The zero-order valence-electron chi connectivity index (χ0n) is 15.6. The number of Topliss-reactive ketones (excluding diaryl/α,β-unsaturated/α-hetero) is 1. The number of nitrogens with one attached hydrogen (secondary N) is 2. The number of methoxy groups -OCH3 is 1. The molecule has 1 spiro atoms. The Balaban J connectivity index is 1.92. The lowest BCUT2D eigenvalue weighted by Gasteiger charge is -2.36. The lowest BCUT2D eigenvalue weighted by molar-refractivity contribution is -0.138. The summed E-state index contributed by atoms with van der Waals surface area (Å²) in [6.07, 6.45) is 0. The third-order valence-electron chi connectivity index (χ3n) is 5.72. The summed E-state index contributed by atoms with van der Waals surface area (Å²) in [6, 6.07) is 12.5. The van der Waals surface area contributed by atoms with E-state index in [1.54, 1.807) is 37.3 Å². The van der Waals surface area contributed by atoms with E-state index in [1.807, 2.05) is 12.1 Å². The van der Waals surface area contributed by atoms with Crippen LogP contribution in [0.15, 0.2) is 63.8 Å². The average molecular weight is 451 g/mol. The number of fused-ring (bicyclic) bond motifs is 5. The van der Waals surface area contributed by atoms with Crippen LogP contribution in [0, 0.1) is 0 Å². The van der Waals surface area contributed by atoms with Gasteiger partial charge in [-0.2, -0.15) is 0 Å². The predicted molar refractivity (Wildman–Crippen MR) is 110 cm³/mol. The molecule has 2 N–H and O–H groups in total. The van der Waals surface area contributed by atoms with Crippen molar-refractivity contribution in [2.24, 2.45) is 0 Å². The van der Waals surface area contributed by atoms with Crippen LogP contribution in [0.2, 0.25) is 0 Å². The lowest BCUT2D eigenvalue weighted by Crippen LogP contribution is -2.47. The molecular weight excluding hydrogens is 436 g/mol. The summed E-state index contributed by atoms with van der Waals surface area (Å²) in [4.78, 5) is 40.0. The lowest BCUT2D eigenvalue weighted by atomic mass is 9.66. The first-order valence-electron chi connectivity index (χ1n) is 8.98. The molecule has 1 unspecified atom stereocenters. The van der Waals surface area contributed by atoms with E-state index in [0.717, 1.165) is 4.47 Å². The fraction of sp³-hybridized carbons (Fsp3) is 0.136. The molecule has 0 bridgehead atoms. The summed E-state index contributed by atoms with van der Waals surface area (Å²) in [5.41, 5.74) is 2.13. The number of carbonyl (C=O) groups is 3. The molecule has 5 rings (SSSR count). The molecule has 29 heavy (non-hydrogen) atoms. The number of benzene rings is 2. The number of dihydropyridines is 1. The molecule has 0 radical (unpaired) electrons. The van der Waals surface area contributed by atoms with Crippen molar-refractivity contribution in [2.75, 3.05) is 12.4 Å². The Morgan fingerprint density at radius 1 is 1.07 bits per heavy atom. The fourth-order valence-corrected chi connectivity index (χ4v) is 4.97. The van der Waals surface area contributed by atoms with E-state index in [4.69, 9.17) is 4.74 Å². The average Bonchev–Trinajstić information content (AvgIpc) is 3.14. The monoisotopic (exact) mass is 450 g/mol. The molecule has 3 aliphatic rings. The maximum Gasteiger partial charge on any atom is 0.337 e. The van der Waals surface area contributed by atoms with Crippen molar-refractivity contribution < 1.29 is 19.1 Å². The molecule has 1 amide bonds. The van der Waals surface area contributed by atoms with Gasteiger partial charge in [-0.15, -0.1) is 0 Å². The molecule has 2 heterocycles. The van der Waals surface area contributed by atoms with E-state index in [0.29, 0.717) is 33.8 Å². The molecule has 2 aromatic rings. The fourth-order valence-electron chi connectivity index (χ4n) is 4.60. The smallest absolute Gasteiger partial charge is 0.337 e. The minimum absolute atomic E-state index is 0.120. The first-order valence-corrected chi connectivity index (χ1v) is 9.77. The van der Waals surface area contributed by atoms with Crippen LogP contribution in [0.1, 0.15) is 28.4 Å². The molecule has 1 aliphatic carbocycles. The molecule has 144 valence electrons. The van der Waals surface area contributed by atoms with Crippen molar-refractivity contribution in [3.05, 3.63) is 80.5 Å². The number of esters is 1. The summed E-state index contributed by atoms with van der Waals surface area (Å²) in [5.74, 6) is -1.38. The summed E-state index contributed by atoms with van der Waals surface area (Å²) < 4.78 is 5.77. The second kappa shape index (κ2) is 5.90. The molecule has 2 aliphatic heterocycles. The minimum Gasteiger partial charge on any atom is -0.466 e. The third-order valence-corrected chi connectivity index (χ3v) is 6.21. The molecule has 0 fully saturated rings. The highest BCUT2D eigenvalue weighted by atomic mass is 79.9. The number of halogens is 1. The quantitative estimate of drug-likeness (QED) is 0.651. The van der Waals surface area contributed by atoms with Gasteiger partial charge in [-0.25, -0.2) is 4.79 Å². The van der Waals surface area contributed by atoms with Crippen LogP contribution < -0.4 is 10.6 Å². The number of amides is 1. The van der Waals surface area contributed by atoms with Crippen LogP contribution in [0.3, 0.4) is 0 Å². The number of hydrogen-bond acceptors (Lipinski definition) is 5. The van der Waals surface area contributed by atoms with Gasteiger partial charge >= 0.3 is 5.97 Å². The van der Waals surface area contributed by atoms with Gasteiger partial charge in [-0.05, 0) is 25.1 Å². The molecule has 1 atom stereocenters. The van der Waals surface area contributed by atoms with E-state index in [9.17, 15) is 14.4 Å². The third kappa shape index (κ3) is 2.08. The van der Waals surface area contributed by atoms with Gasteiger partial charge in [-0.3, -0.25) is 9.59 Å². The first-order chi connectivity index (χ1) is 13.9. The topological polar surface area (TPSA) is 84.5 Å². The van der Waals surface area contributed by atoms with Gasteiger partial charge in [0.15, 0.2) is 5.78 Å². The number of allylic oxidation sites excluding steroid dienone is 1. The minimum atomic E-state index is -1.59. The molecule has 2 aromatic carbocycles. The van der Waals surface area contributed by atoms with Gasteiger partial charge in [0.2, 0.25) is 5.91 Å². The highest BCUT2D eigenvalue weighted by molar-refractivity contribution is 9.10. The summed E-state index contributed by atoms with van der Waals surface area (Å²) >= 11 is 3.45. The zero-order chi connectivity index (χ0) is 20.5.